The molecule has 0 radical (unpaired) electrons. The summed E-state index contributed by atoms with van der Waals surface area (Å²) in [7, 11) is 0. The summed E-state index contributed by atoms with van der Waals surface area (Å²) in [5.74, 6) is -0.278. The van der Waals surface area contributed by atoms with E-state index in [1.807, 2.05) is 63.3 Å². The van der Waals surface area contributed by atoms with E-state index in [2.05, 4.69) is 0 Å². The number of carbonyl (C=O) groups excluding carboxylic acids is 1. The molecule has 1 aromatic carbocycles. The smallest absolute Gasteiger partial charge is 0.334 e. The summed E-state index contributed by atoms with van der Waals surface area (Å²) < 4.78 is 5.26. The van der Waals surface area contributed by atoms with Gasteiger partial charge >= 0.3 is 5.97 Å². The fraction of sp³-hybridized carbons (Fsp3) is 0.312. The summed E-state index contributed by atoms with van der Waals surface area (Å²) in [5, 5.41) is 0. The van der Waals surface area contributed by atoms with Crippen LogP contribution in [-0.4, -0.2) is 11.6 Å². The molecule has 0 aromatic heterocycles. The molecule has 0 fully saturated rings. The van der Waals surface area contributed by atoms with Gasteiger partial charge < -0.3 is 4.74 Å². The summed E-state index contributed by atoms with van der Waals surface area (Å²) in [6.45, 7) is 7.33. The van der Waals surface area contributed by atoms with E-state index in [4.69, 9.17) is 4.74 Å². The van der Waals surface area contributed by atoms with E-state index in [1.54, 1.807) is 13.0 Å². The minimum Gasteiger partial charge on any atom is -0.457 e. The summed E-state index contributed by atoms with van der Waals surface area (Å²) in [5.41, 5.74) is 1.25. The third-order valence-electron chi connectivity index (χ3n) is 2.16. The molecule has 0 spiro atoms. The Morgan fingerprint density at radius 2 is 1.78 bits per heavy atom. The molecule has 0 saturated carbocycles. The first-order chi connectivity index (χ1) is 8.38. The first-order valence-electron chi connectivity index (χ1n) is 6.02. The molecule has 0 aliphatic heterocycles. The van der Waals surface area contributed by atoms with Crippen molar-refractivity contribution in [2.45, 2.75) is 33.3 Å². The van der Waals surface area contributed by atoms with Crippen LogP contribution in [0.1, 0.15) is 33.3 Å². The molecule has 2 heteroatoms. The van der Waals surface area contributed by atoms with Crippen LogP contribution < -0.4 is 0 Å². The van der Waals surface area contributed by atoms with Crippen LogP contribution in [0, 0.1) is 0 Å². The van der Waals surface area contributed by atoms with Crippen LogP contribution in [0.4, 0.5) is 0 Å². The Morgan fingerprint density at radius 1 is 1.17 bits per heavy atom. The average Bonchev–Trinajstić information content (AvgIpc) is 2.28. The predicted molar refractivity (Wildman–Crippen MR) is 75.1 cm³/mol. The number of hydrogen-bond acceptors (Lipinski definition) is 2. The van der Waals surface area contributed by atoms with E-state index in [0.717, 1.165) is 5.56 Å². The Balaban J connectivity index is 2.62. The van der Waals surface area contributed by atoms with E-state index < -0.39 is 5.60 Å². The summed E-state index contributed by atoms with van der Waals surface area (Å²) >= 11 is 0. The van der Waals surface area contributed by atoms with Crippen LogP contribution in [0.2, 0.25) is 0 Å². The summed E-state index contributed by atoms with van der Waals surface area (Å²) in [6, 6.07) is 9.94. The highest BCUT2D eigenvalue weighted by atomic mass is 16.6. The van der Waals surface area contributed by atoms with E-state index in [9.17, 15) is 4.79 Å². The van der Waals surface area contributed by atoms with Gasteiger partial charge in [0, 0.05) is 5.57 Å². The van der Waals surface area contributed by atoms with Crippen LogP contribution in [0.5, 0.6) is 0 Å². The van der Waals surface area contributed by atoms with Crippen molar-refractivity contribution in [3.63, 3.8) is 0 Å². The van der Waals surface area contributed by atoms with Crippen molar-refractivity contribution in [1.82, 2.24) is 0 Å². The van der Waals surface area contributed by atoms with Gasteiger partial charge in [-0.25, -0.2) is 4.79 Å². The highest BCUT2D eigenvalue weighted by molar-refractivity contribution is 5.88. The molecule has 0 aliphatic carbocycles. The Morgan fingerprint density at radius 3 is 2.33 bits per heavy atom. The van der Waals surface area contributed by atoms with Crippen LogP contribution in [-0.2, 0) is 9.53 Å². The second-order valence-corrected chi connectivity index (χ2v) is 5.12. The van der Waals surface area contributed by atoms with Gasteiger partial charge in [-0.05, 0) is 33.3 Å². The topological polar surface area (TPSA) is 26.3 Å². The highest BCUT2D eigenvalue weighted by Gasteiger charge is 2.16. The van der Waals surface area contributed by atoms with Crippen LogP contribution >= 0.6 is 0 Å². The van der Waals surface area contributed by atoms with Crippen molar-refractivity contribution in [3.8, 4) is 0 Å². The molecule has 96 valence electrons. The van der Waals surface area contributed by atoms with Crippen molar-refractivity contribution in [3.05, 3.63) is 53.6 Å². The van der Waals surface area contributed by atoms with E-state index in [-0.39, 0.29) is 5.97 Å². The van der Waals surface area contributed by atoms with Gasteiger partial charge in [-0.2, -0.15) is 0 Å². The standard InChI is InChI=1S/C16H20O2/c1-13(15(17)18-16(2,3)4)9-8-12-14-10-6-5-7-11-14/h5-12H,1-4H3. The fourth-order valence-corrected chi connectivity index (χ4v) is 1.29. The quantitative estimate of drug-likeness (QED) is 0.456. The normalized spacial score (nSPS) is 12.8. The number of benzene rings is 1. The predicted octanol–water partition coefficient (Wildman–Crippen LogP) is 3.99. The molecular weight excluding hydrogens is 224 g/mol. The minimum atomic E-state index is -0.449. The zero-order valence-corrected chi connectivity index (χ0v) is 11.4. The largest absolute Gasteiger partial charge is 0.457 e. The number of rotatable bonds is 3. The first-order valence-corrected chi connectivity index (χ1v) is 6.02. The molecular formula is C16H20O2. The van der Waals surface area contributed by atoms with Crippen molar-refractivity contribution in [1.29, 1.82) is 0 Å². The molecule has 2 nitrogen and oxygen atoms in total. The van der Waals surface area contributed by atoms with Gasteiger partial charge in [0.15, 0.2) is 0 Å². The van der Waals surface area contributed by atoms with Gasteiger partial charge in [-0.15, -0.1) is 0 Å². The maximum atomic E-state index is 11.7. The maximum Gasteiger partial charge on any atom is 0.334 e. The molecule has 0 atom stereocenters. The molecule has 1 aromatic rings. The van der Waals surface area contributed by atoms with E-state index in [0.29, 0.717) is 5.57 Å². The van der Waals surface area contributed by atoms with Crippen molar-refractivity contribution >= 4 is 12.0 Å². The lowest BCUT2D eigenvalue weighted by atomic mass is 10.1. The SMILES string of the molecule is CC(=CC=Cc1ccccc1)C(=O)OC(C)(C)C. The highest BCUT2D eigenvalue weighted by Crippen LogP contribution is 2.11. The summed E-state index contributed by atoms with van der Waals surface area (Å²) in [4.78, 5) is 11.7. The molecule has 0 N–H and O–H groups in total. The van der Waals surface area contributed by atoms with Crippen molar-refractivity contribution in [2.75, 3.05) is 0 Å². The molecule has 0 amide bonds. The summed E-state index contributed by atoms with van der Waals surface area (Å²) in [6.07, 6.45) is 5.57. The lowest BCUT2D eigenvalue weighted by Gasteiger charge is -2.19. The van der Waals surface area contributed by atoms with Gasteiger partial charge in [0.05, 0.1) is 0 Å². The Bertz CT molecular complexity index is 448. The number of hydrogen-bond donors (Lipinski definition) is 0. The molecule has 0 heterocycles. The lowest BCUT2D eigenvalue weighted by molar-refractivity contribution is -0.149. The minimum absolute atomic E-state index is 0.278. The Kier molecular flexibility index (Phi) is 4.90. The van der Waals surface area contributed by atoms with E-state index in [1.165, 1.54) is 0 Å². The Labute approximate surface area is 109 Å². The number of carbonyl (C=O) groups is 1. The zero-order chi connectivity index (χ0) is 13.6. The molecule has 1 rings (SSSR count). The molecule has 0 saturated heterocycles. The van der Waals surface area contributed by atoms with Crippen LogP contribution in [0.15, 0.2) is 48.1 Å². The van der Waals surface area contributed by atoms with Gasteiger partial charge in [0.25, 0.3) is 0 Å². The van der Waals surface area contributed by atoms with E-state index >= 15 is 0 Å². The zero-order valence-electron chi connectivity index (χ0n) is 11.4. The van der Waals surface area contributed by atoms with Crippen molar-refractivity contribution < 1.29 is 9.53 Å². The molecule has 0 bridgehead atoms. The fourth-order valence-electron chi connectivity index (χ4n) is 1.29. The molecule has 18 heavy (non-hydrogen) atoms. The second-order valence-electron chi connectivity index (χ2n) is 5.12. The average molecular weight is 244 g/mol. The first kappa shape index (κ1) is 14.2. The Hall–Kier alpha value is -1.83. The monoisotopic (exact) mass is 244 g/mol. The number of allylic oxidation sites excluding steroid dienone is 2. The second kappa shape index (κ2) is 6.20. The molecule has 0 unspecified atom stereocenters. The van der Waals surface area contributed by atoms with Gasteiger partial charge in [-0.3, -0.25) is 0 Å². The maximum absolute atomic E-state index is 11.7. The number of esters is 1. The third kappa shape index (κ3) is 5.48. The van der Waals surface area contributed by atoms with Gasteiger partial charge in [0.2, 0.25) is 0 Å². The van der Waals surface area contributed by atoms with Gasteiger partial charge in [0.1, 0.15) is 5.60 Å². The van der Waals surface area contributed by atoms with Crippen LogP contribution in [0.25, 0.3) is 6.08 Å². The lowest BCUT2D eigenvalue weighted by Crippen LogP contribution is -2.24. The molecule has 0 aliphatic rings. The van der Waals surface area contributed by atoms with Crippen LogP contribution in [0.3, 0.4) is 0 Å². The number of ether oxygens (including phenoxy) is 1. The van der Waals surface area contributed by atoms with Crippen molar-refractivity contribution in [2.24, 2.45) is 0 Å². The third-order valence-corrected chi connectivity index (χ3v) is 2.16. The van der Waals surface area contributed by atoms with Gasteiger partial charge in [-0.1, -0.05) is 48.6 Å².